The highest BCUT2D eigenvalue weighted by molar-refractivity contribution is 8.44. The highest BCUT2D eigenvalue weighted by Crippen LogP contribution is 2.60. The van der Waals surface area contributed by atoms with Gasteiger partial charge in [0, 0.05) is 18.1 Å². The molecule has 0 spiro atoms. The summed E-state index contributed by atoms with van der Waals surface area (Å²) in [5, 5.41) is 15.6. The van der Waals surface area contributed by atoms with E-state index in [-0.39, 0.29) is 41.6 Å². The third-order valence-corrected chi connectivity index (χ3v) is 11.2. The molecule has 6 rings (SSSR count). The lowest BCUT2D eigenvalue weighted by Gasteiger charge is -2.25. The predicted molar refractivity (Wildman–Crippen MR) is 168 cm³/mol. The fraction of sp³-hybridized carbons (Fsp3) is 0.524. The molecule has 2 unspecified atom stereocenters. The molecule has 0 radical (unpaired) electrons. The molecule has 2 aliphatic heterocycles. The van der Waals surface area contributed by atoms with E-state index < -0.39 is 73.7 Å². The largest absolute Gasteiger partial charge is 0.396 e. The SMILES string of the molecule is Nc1nc2c(nnn2[C@@H]2S[C@H](CCO)[C@@H](F)[C@H]2OP(=O)(S)OC[C@H]2O[C@@H](n3ccc4c(N)ncnc43)[C@@H](F)[C@@H]2O[PH](=O)S)c(=O)[nH]1. The van der Waals surface area contributed by atoms with Crippen LogP contribution in [0.4, 0.5) is 20.5 Å². The van der Waals surface area contributed by atoms with Crippen LogP contribution >= 0.6 is 50.3 Å². The van der Waals surface area contributed by atoms with Crippen molar-refractivity contribution in [1.29, 1.82) is 0 Å². The van der Waals surface area contributed by atoms with Crippen LogP contribution in [0.3, 0.4) is 0 Å². The number of rotatable bonds is 11. The second kappa shape index (κ2) is 13.3. The average molecular weight is 743 g/mol. The molecular formula is C21H26F2N10O8P2S3. The summed E-state index contributed by atoms with van der Waals surface area (Å²) in [7, 11) is -3.00. The molecular weight excluding hydrogens is 716 g/mol. The molecule has 0 saturated carbocycles. The second-order valence-corrected chi connectivity index (χ2v) is 16.2. The van der Waals surface area contributed by atoms with Crippen molar-refractivity contribution in [2.75, 3.05) is 24.7 Å². The molecule has 4 aromatic heterocycles. The third kappa shape index (κ3) is 6.41. The van der Waals surface area contributed by atoms with Crippen LogP contribution in [0.15, 0.2) is 23.4 Å². The Morgan fingerprint density at radius 1 is 1.24 bits per heavy atom. The Balaban J connectivity index is 1.23. The Morgan fingerprint density at radius 3 is 2.76 bits per heavy atom. The summed E-state index contributed by atoms with van der Waals surface area (Å²) in [5.41, 5.74) is 10.8. The molecule has 46 heavy (non-hydrogen) atoms. The van der Waals surface area contributed by atoms with Crippen LogP contribution in [0.1, 0.15) is 18.0 Å². The van der Waals surface area contributed by atoms with Crippen LogP contribution in [0.2, 0.25) is 0 Å². The number of anilines is 2. The number of alkyl halides is 2. The Hall–Kier alpha value is -2.33. The summed E-state index contributed by atoms with van der Waals surface area (Å²) >= 11 is 8.75. The van der Waals surface area contributed by atoms with Crippen LogP contribution < -0.4 is 17.0 Å². The number of aromatic nitrogens is 8. The number of hydrogen-bond donors (Lipinski definition) is 6. The zero-order chi connectivity index (χ0) is 32.9. The number of H-pyrrole nitrogens is 1. The number of ether oxygens (including phenoxy) is 1. The molecule has 6 heterocycles. The van der Waals surface area contributed by atoms with Gasteiger partial charge < -0.3 is 30.4 Å². The van der Waals surface area contributed by atoms with E-state index in [1.807, 2.05) is 0 Å². The number of thiol groups is 2. The fourth-order valence-corrected chi connectivity index (χ4v) is 9.19. The number of aliphatic hydroxyl groups is 1. The number of nitrogens with zero attached hydrogens (tertiary/aromatic N) is 7. The summed E-state index contributed by atoms with van der Waals surface area (Å²) in [6, 6.07) is 1.56. The van der Waals surface area contributed by atoms with Gasteiger partial charge >= 0.3 is 6.80 Å². The van der Waals surface area contributed by atoms with Crippen molar-refractivity contribution < 1.29 is 41.3 Å². The van der Waals surface area contributed by atoms with Crippen molar-refractivity contribution in [2.45, 2.75) is 53.9 Å². The Bertz CT molecular complexity index is 1890. The van der Waals surface area contributed by atoms with Crippen LogP contribution in [0, 0.1) is 0 Å². The second-order valence-electron chi connectivity index (χ2n) is 10.1. The Morgan fingerprint density at radius 2 is 2.02 bits per heavy atom. The molecule has 2 saturated heterocycles. The maximum absolute atomic E-state index is 15.8. The molecule has 0 amide bonds. The minimum atomic E-state index is -4.49. The van der Waals surface area contributed by atoms with Gasteiger partial charge in [0.15, 0.2) is 23.6 Å². The number of aliphatic hydroxyl groups excluding tert-OH is 1. The monoisotopic (exact) mass is 742 g/mol. The molecule has 18 nitrogen and oxygen atoms in total. The zero-order valence-corrected chi connectivity index (χ0v) is 27.6. The van der Waals surface area contributed by atoms with Gasteiger partial charge in [-0.2, -0.15) is 4.98 Å². The van der Waals surface area contributed by atoms with Gasteiger partial charge in [-0.05, 0) is 12.5 Å². The molecule has 4 aromatic rings. The van der Waals surface area contributed by atoms with E-state index in [9.17, 15) is 19.0 Å². The van der Waals surface area contributed by atoms with Gasteiger partial charge in [-0.1, -0.05) is 29.7 Å². The Kier molecular flexibility index (Phi) is 9.70. The van der Waals surface area contributed by atoms with Gasteiger partial charge in [0.2, 0.25) is 13.2 Å². The minimum absolute atomic E-state index is 0.00943. The van der Waals surface area contributed by atoms with E-state index >= 15 is 8.78 Å². The van der Waals surface area contributed by atoms with Crippen LogP contribution in [-0.4, -0.2) is 93.7 Å². The first-order chi connectivity index (χ1) is 21.9. The molecule has 10 atom stereocenters. The van der Waals surface area contributed by atoms with E-state index in [0.29, 0.717) is 5.39 Å². The van der Waals surface area contributed by atoms with Crippen LogP contribution in [0.25, 0.3) is 22.2 Å². The first-order valence-corrected chi connectivity index (χ1v) is 19.6. The average Bonchev–Trinajstić information content (AvgIpc) is 3.74. The zero-order valence-electron chi connectivity index (χ0n) is 23.1. The highest BCUT2D eigenvalue weighted by Gasteiger charge is 2.52. The number of nitrogens with one attached hydrogen (secondary N) is 1. The maximum Gasteiger partial charge on any atom is 0.386 e. The lowest BCUT2D eigenvalue weighted by Crippen LogP contribution is -2.33. The molecule has 0 bridgehead atoms. The molecule has 2 fully saturated rings. The van der Waals surface area contributed by atoms with Crippen molar-refractivity contribution in [3.8, 4) is 0 Å². The molecule has 0 aromatic carbocycles. The van der Waals surface area contributed by atoms with Gasteiger partial charge in [0.05, 0.1) is 12.0 Å². The first-order valence-electron chi connectivity index (χ1n) is 13.3. The van der Waals surface area contributed by atoms with E-state index in [1.54, 1.807) is 6.07 Å². The number of fused-ring (bicyclic) bond motifs is 2. The van der Waals surface area contributed by atoms with Crippen molar-refractivity contribution in [3.05, 3.63) is 28.9 Å². The molecule has 0 aliphatic carbocycles. The summed E-state index contributed by atoms with van der Waals surface area (Å²) in [6.07, 6.45) is -6.89. The molecule has 25 heteroatoms. The number of nitrogens with two attached hydrogens (primary N) is 2. The minimum Gasteiger partial charge on any atom is -0.396 e. The van der Waals surface area contributed by atoms with Gasteiger partial charge in [-0.3, -0.25) is 23.4 Å². The summed E-state index contributed by atoms with van der Waals surface area (Å²) in [6.45, 7) is -5.52. The number of halogens is 2. The van der Waals surface area contributed by atoms with E-state index in [2.05, 4.69) is 54.7 Å². The van der Waals surface area contributed by atoms with Gasteiger partial charge in [0.25, 0.3) is 5.56 Å². The smallest absolute Gasteiger partial charge is 0.386 e. The predicted octanol–water partition coefficient (Wildman–Crippen LogP) is 1.84. The normalized spacial score (nSPS) is 30.3. The summed E-state index contributed by atoms with van der Waals surface area (Å²) in [4.78, 5) is 26.6. The first kappa shape index (κ1) is 33.6. The maximum atomic E-state index is 15.8. The molecule has 6 N–H and O–H groups in total. The third-order valence-electron chi connectivity index (χ3n) is 7.25. The lowest BCUT2D eigenvalue weighted by atomic mass is 10.1. The Labute approximate surface area is 272 Å². The number of hydrogen-bond acceptors (Lipinski definition) is 16. The van der Waals surface area contributed by atoms with Gasteiger partial charge in [0.1, 0.15) is 47.6 Å². The van der Waals surface area contributed by atoms with E-state index in [1.165, 1.54) is 17.1 Å². The molecule has 250 valence electrons. The van der Waals surface area contributed by atoms with E-state index in [4.69, 9.17) is 29.8 Å². The lowest BCUT2D eigenvalue weighted by molar-refractivity contribution is -0.0411. The van der Waals surface area contributed by atoms with Crippen LogP contribution in [-0.2, 0) is 27.4 Å². The van der Waals surface area contributed by atoms with Crippen LogP contribution in [0.5, 0.6) is 0 Å². The number of aromatic amines is 1. The quantitative estimate of drug-likeness (QED) is 0.0947. The standard InChI is InChI=1S/C21H26F2N10O8P2S3/c22-10-9(2-4-34)46-20(33-17-12(30-31-33)18(35)29-21(25)28-17)14(10)41-43(37,45)38-5-8-13(40-42(36)44)11(23)19(39-8)32-3-1-7-15(24)26-6-27-16(7)32/h1,3,6,8-11,13-14,19-20,34,42H,2,4-5H2,(H,36,44)(H,37,45)(H2,24,26,27)(H3,25,28,29,35)/t8-,9-,10-,11+,13-,14-,19-,20-,43?/m1/s1. The summed E-state index contributed by atoms with van der Waals surface area (Å²) in [5.74, 6) is -0.0991. The summed E-state index contributed by atoms with van der Waals surface area (Å²) < 4.78 is 81.5. The highest BCUT2D eigenvalue weighted by atomic mass is 32.7. The topological polar surface area (TPSA) is 250 Å². The fourth-order valence-electron chi connectivity index (χ4n) is 5.25. The van der Waals surface area contributed by atoms with Gasteiger partial charge in [-0.25, -0.2) is 28.0 Å². The van der Waals surface area contributed by atoms with E-state index in [0.717, 1.165) is 16.4 Å². The number of thioether (sulfide) groups is 1. The van der Waals surface area contributed by atoms with Crippen molar-refractivity contribution in [2.24, 2.45) is 0 Å². The van der Waals surface area contributed by atoms with Crippen molar-refractivity contribution in [1.82, 2.24) is 39.5 Å². The number of nitrogen functional groups attached to an aromatic ring is 2. The van der Waals surface area contributed by atoms with Gasteiger partial charge in [-0.15, -0.1) is 16.9 Å². The molecule has 2 aliphatic rings. The van der Waals surface area contributed by atoms with Crippen molar-refractivity contribution in [3.63, 3.8) is 0 Å². The van der Waals surface area contributed by atoms with Crippen molar-refractivity contribution >= 4 is 84.3 Å².